The Bertz CT molecular complexity index is 798. The third kappa shape index (κ3) is 2.02. The lowest BCUT2D eigenvalue weighted by Gasteiger charge is -2.29. The van der Waals surface area contributed by atoms with E-state index in [2.05, 4.69) is 72.7 Å². The van der Waals surface area contributed by atoms with E-state index in [0.29, 0.717) is 6.04 Å². The smallest absolute Gasteiger partial charge is 0.0570 e. The molecule has 1 atom stereocenters. The molecule has 0 saturated heterocycles. The molecule has 2 N–H and O–H groups in total. The van der Waals surface area contributed by atoms with Gasteiger partial charge in [-0.15, -0.1) is 0 Å². The molecule has 21 heavy (non-hydrogen) atoms. The summed E-state index contributed by atoms with van der Waals surface area (Å²) in [7, 11) is 0. The molecular weight excluding hydrogens is 256 g/mol. The summed E-state index contributed by atoms with van der Waals surface area (Å²) >= 11 is 0. The second-order valence-corrected chi connectivity index (χ2v) is 6.72. The average molecular weight is 276 g/mol. The second kappa shape index (κ2) is 4.39. The second-order valence-electron chi connectivity index (χ2n) is 6.72. The predicted molar refractivity (Wildman–Crippen MR) is 88.6 cm³/mol. The van der Waals surface area contributed by atoms with Gasteiger partial charge in [0.15, 0.2) is 0 Å². The van der Waals surface area contributed by atoms with Crippen molar-refractivity contribution < 1.29 is 0 Å². The number of hydrogen-bond acceptors (Lipinski definition) is 1. The number of anilines is 1. The molecule has 1 unspecified atom stereocenters. The topological polar surface area (TPSA) is 27.8 Å². The first-order valence-corrected chi connectivity index (χ1v) is 7.55. The van der Waals surface area contributed by atoms with Gasteiger partial charge in [0.05, 0.1) is 6.04 Å². The highest BCUT2D eigenvalue weighted by Crippen LogP contribution is 2.46. The highest BCUT2D eigenvalue weighted by atomic mass is 14.9. The van der Waals surface area contributed by atoms with Crippen molar-refractivity contribution in [2.45, 2.75) is 26.3 Å². The molecule has 0 amide bonds. The van der Waals surface area contributed by atoms with E-state index >= 15 is 0 Å². The summed E-state index contributed by atoms with van der Waals surface area (Å²) in [5.41, 5.74) is 5.53. The van der Waals surface area contributed by atoms with Gasteiger partial charge >= 0.3 is 0 Å². The Balaban J connectivity index is 1.72. The lowest BCUT2D eigenvalue weighted by atomic mass is 9.85. The number of nitrogens with one attached hydrogen (secondary N) is 2. The van der Waals surface area contributed by atoms with Crippen molar-refractivity contribution in [2.75, 3.05) is 5.32 Å². The van der Waals surface area contributed by atoms with Crippen LogP contribution in [0, 0.1) is 5.41 Å². The number of rotatable bonds is 2. The van der Waals surface area contributed by atoms with Crippen LogP contribution in [0.5, 0.6) is 0 Å². The lowest BCUT2D eigenvalue weighted by Crippen LogP contribution is -2.24. The third-order valence-electron chi connectivity index (χ3n) is 4.66. The van der Waals surface area contributed by atoms with Gasteiger partial charge < -0.3 is 10.3 Å². The van der Waals surface area contributed by atoms with Crippen LogP contribution in [-0.2, 0) is 6.42 Å². The van der Waals surface area contributed by atoms with E-state index in [4.69, 9.17) is 0 Å². The van der Waals surface area contributed by atoms with Crippen molar-refractivity contribution in [3.63, 3.8) is 0 Å². The van der Waals surface area contributed by atoms with E-state index in [-0.39, 0.29) is 5.41 Å². The van der Waals surface area contributed by atoms with Crippen LogP contribution in [-0.4, -0.2) is 4.98 Å². The average Bonchev–Trinajstić information content (AvgIpc) is 3.01. The Morgan fingerprint density at radius 2 is 1.95 bits per heavy atom. The maximum absolute atomic E-state index is 3.76. The number of benzene rings is 2. The van der Waals surface area contributed by atoms with Gasteiger partial charge in [-0.2, -0.15) is 0 Å². The zero-order chi connectivity index (χ0) is 14.4. The number of H-pyrrole nitrogens is 1. The van der Waals surface area contributed by atoms with Crippen molar-refractivity contribution >= 4 is 16.6 Å². The number of fused-ring (bicyclic) bond motifs is 2. The van der Waals surface area contributed by atoms with Crippen LogP contribution >= 0.6 is 0 Å². The monoisotopic (exact) mass is 276 g/mol. The molecule has 1 aliphatic carbocycles. The van der Waals surface area contributed by atoms with Gasteiger partial charge in [-0.25, -0.2) is 0 Å². The molecule has 2 heteroatoms. The molecule has 0 bridgehead atoms. The van der Waals surface area contributed by atoms with Crippen LogP contribution in [0.25, 0.3) is 10.9 Å². The van der Waals surface area contributed by atoms with E-state index in [1.807, 2.05) is 6.20 Å². The van der Waals surface area contributed by atoms with E-state index < -0.39 is 0 Å². The Kier molecular flexibility index (Phi) is 2.61. The molecular formula is C19H20N2. The first-order chi connectivity index (χ1) is 10.1. The molecule has 106 valence electrons. The summed E-state index contributed by atoms with van der Waals surface area (Å²) < 4.78 is 0. The molecule has 0 aliphatic heterocycles. The fourth-order valence-electron chi connectivity index (χ4n) is 3.57. The molecule has 0 fully saturated rings. The quantitative estimate of drug-likeness (QED) is 0.684. The van der Waals surface area contributed by atoms with Crippen LogP contribution in [0.4, 0.5) is 5.69 Å². The van der Waals surface area contributed by atoms with Crippen LogP contribution < -0.4 is 5.32 Å². The van der Waals surface area contributed by atoms with E-state index in [1.54, 1.807) is 0 Å². The summed E-state index contributed by atoms with van der Waals surface area (Å²) in [6.45, 7) is 4.69. The Labute approximate surface area is 125 Å². The number of hydrogen-bond donors (Lipinski definition) is 2. The van der Waals surface area contributed by atoms with Crippen molar-refractivity contribution in [2.24, 2.45) is 5.41 Å². The van der Waals surface area contributed by atoms with Gasteiger partial charge in [0, 0.05) is 22.8 Å². The number of aromatic nitrogens is 1. The van der Waals surface area contributed by atoms with Crippen molar-refractivity contribution in [1.82, 2.24) is 4.98 Å². The zero-order valence-electron chi connectivity index (χ0n) is 12.5. The van der Waals surface area contributed by atoms with Gasteiger partial charge in [-0.1, -0.05) is 38.1 Å². The van der Waals surface area contributed by atoms with Gasteiger partial charge in [-0.05, 0) is 47.2 Å². The summed E-state index contributed by atoms with van der Waals surface area (Å²) in [4.78, 5) is 3.24. The van der Waals surface area contributed by atoms with Gasteiger partial charge in [0.1, 0.15) is 0 Å². The molecule has 1 aromatic heterocycles. The number of aromatic amines is 1. The molecule has 4 rings (SSSR count). The van der Waals surface area contributed by atoms with E-state index in [9.17, 15) is 0 Å². The fourth-order valence-corrected chi connectivity index (χ4v) is 3.57. The Morgan fingerprint density at radius 1 is 1.10 bits per heavy atom. The minimum absolute atomic E-state index is 0.233. The largest absolute Gasteiger partial charge is 0.378 e. The van der Waals surface area contributed by atoms with Crippen molar-refractivity contribution in [3.8, 4) is 0 Å². The van der Waals surface area contributed by atoms with Crippen LogP contribution in [0.2, 0.25) is 0 Å². The summed E-state index contributed by atoms with van der Waals surface area (Å²) in [6.07, 6.45) is 3.12. The highest BCUT2D eigenvalue weighted by Gasteiger charge is 2.38. The molecule has 1 aliphatic rings. The lowest BCUT2D eigenvalue weighted by molar-refractivity contribution is 0.337. The van der Waals surface area contributed by atoms with Gasteiger partial charge in [0.25, 0.3) is 0 Å². The minimum Gasteiger partial charge on any atom is -0.378 e. The predicted octanol–water partition coefficient (Wildman–Crippen LogP) is 4.90. The standard InChI is InChI=1S/C19H20N2/c1-19(2)12-14-5-3-4-6-16(14)18(19)21-15-7-8-17-13(11-15)9-10-20-17/h3-11,18,20-21H,12H2,1-2H3. The van der Waals surface area contributed by atoms with Crippen LogP contribution in [0.3, 0.4) is 0 Å². The van der Waals surface area contributed by atoms with E-state index in [1.165, 1.54) is 27.7 Å². The summed E-state index contributed by atoms with van der Waals surface area (Å²) in [6, 6.07) is 17.8. The molecule has 0 radical (unpaired) electrons. The maximum atomic E-state index is 3.76. The van der Waals surface area contributed by atoms with Crippen LogP contribution in [0.1, 0.15) is 31.0 Å². The van der Waals surface area contributed by atoms with Crippen molar-refractivity contribution in [1.29, 1.82) is 0 Å². The summed E-state index contributed by atoms with van der Waals surface area (Å²) in [5, 5.41) is 5.01. The molecule has 2 aromatic carbocycles. The Morgan fingerprint density at radius 3 is 2.86 bits per heavy atom. The molecule has 0 saturated carbocycles. The summed E-state index contributed by atoms with van der Waals surface area (Å²) in [5.74, 6) is 0. The van der Waals surface area contributed by atoms with Crippen molar-refractivity contribution in [3.05, 3.63) is 65.9 Å². The first kappa shape index (κ1) is 12.5. The molecule has 0 spiro atoms. The zero-order valence-corrected chi connectivity index (χ0v) is 12.5. The normalized spacial score (nSPS) is 19.6. The highest BCUT2D eigenvalue weighted by molar-refractivity contribution is 5.83. The fraction of sp³-hybridized carbons (Fsp3) is 0.263. The Hall–Kier alpha value is -2.22. The van der Waals surface area contributed by atoms with E-state index in [0.717, 1.165) is 6.42 Å². The maximum Gasteiger partial charge on any atom is 0.0570 e. The minimum atomic E-state index is 0.233. The van der Waals surface area contributed by atoms with Gasteiger partial charge in [0.2, 0.25) is 0 Å². The molecule has 3 aromatic rings. The SMILES string of the molecule is CC1(C)Cc2ccccc2C1Nc1ccc2[nH]ccc2c1. The molecule has 1 heterocycles. The van der Waals surface area contributed by atoms with Crippen LogP contribution in [0.15, 0.2) is 54.7 Å². The third-order valence-corrected chi connectivity index (χ3v) is 4.66. The molecule has 2 nitrogen and oxygen atoms in total. The van der Waals surface area contributed by atoms with Gasteiger partial charge in [-0.3, -0.25) is 0 Å². The first-order valence-electron chi connectivity index (χ1n) is 7.55.